The van der Waals surface area contributed by atoms with Crippen LogP contribution in [0.1, 0.15) is 50.6 Å². The molecule has 7 heteroatoms. The van der Waals surface area contributed by atoms with E-state index in [2.05, 4.69) is 10.6 Å². The van der Waals surface area contributed by atoms with Gasteiger partial charge in [0.1, 0.15) is 0 Å². The van der Waals surface area contributed by atoms with E-state index in [0.717, 1.165) is 31.5 Å². The van der Waals surface area contributed by atoms with Crippen molar-refractivity contribution in [2.75, 3.05) is 19.6 Å². The lowest BCUT2D eigenvalue weighted by Crippen LogP contribution is -2.40. The maximum Gasteiger partial charge on any atom is 0.315 e. The molecule has 1 fully saturated rings. The summed E-state index contributed by atoms with van der Waals surface area (Å²) in [5.41, 5.74) is 0.866. The zero-order valence-corrected chi connectivity index (χ0v) is 16.0. The van der Waals surface area contributed by atoms with Crippen molar-refractivity contribution >= 4 is 35.1 Å². The summed E-state index contributed by atoms with van der Waals surface area (Å²) in [6.07, 6.45) is 4.85. The van der Waals surface area contributed by atoms with Crippen LogP contribution in [0.3, 0.4) is 0 Å². The third-order valence-electron chi connectivity index (χ3n) is 4.37. The van der Waals surface area contributed by atoms with Crippen LogP contribution in [0.2, 0.25) is 10.0 Å². The summed E-state index contributed by atoms with van der Waals surface area (Å²) in [5, 5.41) is 6.50. The number of halogens is 2. The van der Waals surface area contributed by atoms with Crippen molar-refractivity contribution in [3.05, 3.63) is 33.8 Å². The highest BCUT2D eigenvalue weighted by Gasteiger charge is 2.16. The van der Waals surface area contributed by atoms with Gasteiger partial charge in [-0.3, -0.25) is 4.79 Å². The second-order valence-electron chi connectivity index (χ2n) is 6.34. The van der Waals surface area contributed by atoms with Gasteiger partial charge in [0.05, 0.1) is 16.1 Å². The summed E-state index contributed by atoms with van der Waals surface area (Å²) in [6, 6.07) is 4.74. The van der Waals surface area contributed by atoms with Crippen molar-refractivity contribution in [3.63, 3.8) is 0 Å². The predicted octanol–water partition coefficient (Wildman–Crippen LogP) is 4.15. The van der Waals surface area contributed by atoms with E-state index in [1.165, 1.54) is 12.8 Å². The number of carbonyl (C=O) groups is 2. The fourth-order valence-corrected chi connectivity index (χ4v) is 3.18. The van der Waals surface area contributed by atoms with Crippen molar-refractivity contribution in [2.24, 2.45) is 0 Å². The largest absolute Gasteiger partial charge is 0.343 e. The number of likely N-dealkylation sites (tertiary alicyclic amines) is 1. The van der Waals surface area contributed by atoms with E-state index >= 15 is 0 Å². The highest BCUT2D eigenvalue weighted by Crippen LogP contribution is 2.25. The van der Waals surface area contributed by atoms with Crippen LogP contribution < -0.4 is 10.6 Å². The standard InChI is InChI=1S/C18H25Cl2N3O2/c1-13(14-6-7-15(19)16(20)12-14)22-18(25)21-9-8-17(24)23-10-4-2-3-5-11-23/h6-7,12-13H,2-5,8-11H2,1H3,(H2,21,22,25). The third kappa shape index (κ3) is 6.40. The molecule has 1 atom stereocenters. The molecule has 2 rings (SSSR count). The number of urea groups is 1. The molecule has 138 valence electrons. The van der Waals surface area contributed by atoms with E-state index in [-0.39, 0.29) is 18.0 Å². The second kappa shape index (κ2) is 9.88. The molecule has 25 heavy (non-hydrogen) atoms. The summed E-state index contributed by atoms with van der Waals surface area (Å²) < 4.78 is 0. The maximum atomic E-state index is 12.2. The molecule has 0 saturated carbocycles. The van der Waals surface area contributed by atoms with E-state index in [1.807, 2.05) is 17.9 Å². The van der Waals surface area contributed by atoms with Gasteiger partial charge in [-0.05, 0) is 37.5 Å². The zero-order chi connectivity index (χ0) is 18.2. The second-order valence-corrected chi connectivity index (χ2v) is 7.15. The first-order valence-electron chi connectivity index (χ1n) is 8.74. The molecule has 3 amide bonds. The SMILES string of the molecule is CC(NC(=O)NCCC(=O)N1CCCCCC1)c1ccc(Cl)c(Cl)c1. The van der Waals surface area contributed by atoms with Gasteiger partial charge >= 0.3 is 6.03 Å². The van der Waals surface area contributed by atoms with E-state index < -0.39 is 0 Å². The van der Waals surface area contributed by atoms with Gasteiger partial charge in [0.2, 0.25) is 5.91 Å². The molecule has 1 saturated heterocycles. The van der Waals surface area contributed by atoms with Crippen molar-refractivity contribution < 1.29 is 9.59 Å². The molecule has 5 nitrogen and oxygen atoms in total. The van der Waals surface area contributed by atoms with Crippen molar-refractivity contribution in [1.82, 2.24) is 15.5 Å². The van der Waals surface area contributed by atoms with E-state index in [1.54, 1.807) is 12.1 Å². The number of nitrogens with zero attached hydrogens (tertiary/aromatic N) is 1. The highest BCUT2D eigenvalue weighted by atomic mass is 35.5. The smallest absolute Gasteiger partial charge is 0.315 e. The molecule has 1 aliphatic rings. The Bertz CT molecular complexity index is 602. The molecule has 0 bridgehead atoms. The number of carbonyl (C=O) groups excluding carboxylic acids is 2. The minimum Gasteiger partial charge on any atom is -0.343 e. The van der Waals surface area contributed by atoms with Crippen molar-refractivity contribution in [3.8, 4) is 0 Å². The first kappa shape index (κ1) is 19.9. The highest BCUT2D eigenvalue weighted by molar-refractivity contribution is 6.42. The molecule has 0 spiro atoms. The number of nitrogens with one attached hydrogen (secondary N) is 2. The first-order valence-corrected chi connectivity index (χ1v) is 9.50. The van der Waals surface area contributed by atoms with Crippen LogP contribution in [0.25, 0.3) is 0 Å². The molecular weight excluding hydrogens is 361 g/mol. The molecule has 1 aromatic rings. The van der Waals surface area contributed by atoms with Crippen LogP contribution >= 0.6 is 23.2 Å². The van der Waals surface area contributed by atoms with Gasteiger partial charge in [-0.2, -0.15) is 0 Å². The lowest BCUT2D eigenvalue weighted by molar-refractivity contribution is -0.131. The summed E-state index contributed by atoms with van der Waals surface area (Å²) in [7, 11) is 0. The topological polar surface area (TPSA) is 61.4 Å². The number of hydrogen-bond acceptors (Lipinski definition) is 2. The Morgan fingerprint density at radius 1 is 1.12 bits per heavy atom. The van der Waals surface area contributed by atoms with E-state index in [4.69, 9.17) is 23.2 Å². The summed E-state index contributed by atoms with van der Waals surface area (Å²) in [4.78, 5) is 26.1. The maximum absolute atomic E-state index is 12.2. The zero-order valence-electron chi connectivity index (χ0n) is 14.5. The Balaban J connectivity index is 1.72. The van der Waals surface area contributed by atoms with Crippen LogP contribution in [-0.4, -0.2) is 36.5 Å². The number of rotatable bonds is 5. The first-order chi connectivity index (χ1) is 12.0. The monoisotopic (exact) mass is 385 g/mol. The molecule has 1 aromatic carbocycles. The van der Waals surface area contributed by atoms with Crippen molar-refractivity contribution in [1.29, 1.82) is 0 Å². The van der Waals surface area contributed by atoms with Crippen LogP contribution in [-0.2, 0) is 4.79 Å². The summed E-state index contributed by atoms with van der Waals surface area (Å²) >= 11 is 11.9. The molecule has 1 aliphatic heterocycles. The molecule has 0 radical (unpaired) electrons. The van der Waals surface area contributed by atoms with Gasteiger partial charge < -0.3 is 15.5 Å². The Labute approximate surface area is 159 Å². The minimum atomic E-state index is -0.303. The normalized spacial score (nSPS) is 16.0. The lowest BCUT2D eigenvalue weighted by atomic mass is 10.1. The van der Waals surface area contributed by atoms with Crippen LogP contribution in [0, 0.1) is 0 Å². The molecular formula is C18H25Cl2N3O2. The minimum absolute atomic E-state index is 0.111. The fourth-order valence-electron chi connectivity index (χ4n) is 2.87. The Kier molecular flexibility index (Phi) is 7.85. The van der Waals surface area contributed by atoms with Crippen LogP contribution in [0.15, 0.2) is 18.2 Å². The van der Waals surface area contributed by atoms with Gasteiger partial charge in [-0.25, -0.2) is 4.79 Å². The number of hydrogen-bond donors (Lipinski definition) is 2. The Morgan fingerprint density at radius 3 is 2.44 bits per heavy atom. The molecule has 2 N–H and O–H groups in total. The average molecular weight is 386 g/mol. The number of benzene rings is 1. The summed E-state index contributed by atoms with van der Waals surface area (Å²) in [5.74, 6) is 0.111. The third-order valence-corrected chi connectivity index (χ3v) is 5.11. The van der Waals surface area contributed by atoms with Gasteiger partial charge in [0.25, 0.3) is 0 Å². The van der Waals surface area contributed by atoms with Gasteiger partial charge in [0.15, 0.2) is 0 Å². The van der Waals surface area contributed by atoms with Gasteiger partial charge in [-0.1, -0.05) is 42.1 Å². The fraction of sp³-hybridized carbons (Fsp3) is 0.556. The van der Waals surface area contributed by atoms with Crippen LogP contribution in [0.4, 0.5) is 4.79 Å². The number of amides is 3. The van der Waals surface area contributed by atoms with Gasteiger partial charge in [-0.15, -0.1) is 0 Å². The average Bonchev–Trinajstić information content (AvgIpc) is 2.86. The van der Waals surface area contributed by atoms with Crippen LogP contribution in [0.5, 0.6) is 0 Å². The lowest BCUT2D eigenvalue weighted by Gasteiger charge is -2.20. The molecule has 0 aliphatic carbocycles. The Morgan fingerprint density at radius 2 is 1.80 bits per heavy atom. The molecule has 1 unspecified atom stereocenters. The molecule has 0 aromatic heterocycles. The van der Waals surface area contributed by atoms with Gasteiger partial charge in [0, 0.05) is 26.1 Å². The summed E-state index contributed by atoms with van der Waals surface area (Å²) in [6.45, 7) is 3.86. The Hall–Kier alpha value is -1.46. The van der Waals surface area contributed by atoms with E-state index in [9.17, 15) is 9.59 Å². The van der Waals surface area contributed by atoms with E-state index in [0.29, 0.717) is 23.0 Å². The predicted molar refractivity (Wildman–Crippen MR) is 101 cm³/mol. The molecule has 1 heterocycles. The quantitative estimate of drug-likeness (QED) is 0.799. The van der Waals surface area contributed by atoms with Crippen molar-refractivity contribution in [2.45, 2.75) is 45.1 Å².